The maximum atomic E-state index is 12.6. The maximum Gasteiger partial charge on any atom is 0.331 e. The molecule has 2 atom stereocenters. The predicted molar refractivity (Wildman–Crippen MR) is 132 cm³/mol. The molecule has 194 valence electrons. The molecular formula is C23H27N3O8S2. The molecule has 0 radical (unpaired) electrons. The van der Waals surface area contributed by atoms with Gasteiger partial charge in [0.15, 0.2) is 6.61 Å². The number of primary sulfonamides is 1. The second kappa shape index (κ2) is 11.2. The van der Waals surface area contributed by atoms with Gasteiger partial charge >= 0.3 is 5.97 Å². The molecule has 1 aliphatic heterocycles. The Kier molecular flexibility index (Phi) is 8.51. The predicted octanol–water partition coefficient (Wildman–Crippen LogP) is 1.33. The van der Waals surface area contributed by atoms with E-state index in [-0.39, 0.29) is 33.6 Å². The molecule has 3 N–H and O–H groups in total. The molecule has 2 aromatic carbocycles. The van der Waals surface area contributed by atoms with Crippen molar-refractivity contribution in [1.29, 1.82) is 0 Å². The van der Waals surface area contributed by atoms with E-state index in [1.807, 2.05) is 13.8 Å². The third-order valence-electron chi connectivity index (χ3n) is 5.13. The Morgan fingerprint density at radius 2 is 1.69 bits per heavy atom. The zero-order chi connectivity index (χ0) is 26.5. The number of hydrogen-bond donors (Lipinski definition) is 2. The number of sulfonamides is 2. The number of carbonyl (C=O) groups excluding carboxylic acids is 2. The summed E-state index contributed by atoms with van der Waals surface area (Å²) in [6.45, 7) is 4.20. The molecule has 0 aliphatic carbocycles. The van der Waals surface area contributed by atoms with Crippen molar-refractivity contribution in [3.8, 4) is 0 Å². The first-order chi connectivity index (χ1) is 16.8. The Morgan fingerprint density at radius 1 is 1.06 bits per heavy atom. The first-order valence-corrected chi connectivity index (χ1v) is 13.9. The molecule has 0 spiro atoms. The fraction of sp³-hybridized carbons (Fsp3) is 0.304. The van der Waals surface area contributed by atoms with Gasteiger partial charge in [0.1, 0.15) is 0 Å². The number of morpholine rings is 1. The zero-order valence-electron chi connectivity index (χ0n) is 19.7. The number of esters is 1. The van der Waals surface area contributed by atoms with E-state index in [0.717, 1.165) is 12.1 Å². The largest absolute Gasteiger partial charge is 0.452 e. The van der Waals surface area contributed by atoms with Crippen molar-refractivity contribution in [2.75, 3.05) is 24.4 Å². The minimum absolute atomic E-state index is 0.0313. The SMILES string of the molecule is C[C@@H]1CN(C(=O)COC(=O)/C=C/c2ccc(S(=O)(=O)Nc3cccc(S(N)(=O)=O)c3)cc2)C[C@H](C)O1. The van der Waals surface area contributed by atoms with E-state index in [4.69, 9.17) is 14.6 Å². The number of anilines is 1. The Labute approximate surface area is 210 Å². The van der Waals surface area contributed by atoms with Gasteiger partial charge in [-0.3, -0.25) is 9.52 Å². The Hall–Kier alpha value is -3.26. The molecule has 1 amide bonds. The molecule has 13 heteroatoms. The maximum absolute atomic E-state index is 12.6. The van der Waals surface area contributed by atoms with E-state index in [1.54, 1.807) is 4.90 Å². The van der Waals surface area contributed by atoms with Gasteiger partial charge in [0, 0.05) is 19.2 Å². The fourth-order valence-corrected chi connectivity index (χ4v) is 5.14. The highest BCUT2D eigenvalue weighted by Gasteiger charge is 2.26. The number of nitrogens with one attached hydrogen (secondary N) is 1. The van der Waals surface area contributed by atoms with E-state index in [0.29, 0.717) is 18.7 Å². The summed E-state index contributed by atoms with van der Waals surface area (Å²) in [4.78, 5) is 25.5. The summed E-state index contributed by atoms with van der Waals surface area (Å²) < 4.78 is 61.1. The highest BCUT2D eigenvalue weighted by Crippen LogP contribution is 2.20. The van der Waals surface area contributed by atoms with Gasteiger partial charge in [-0.25, -0.2) is 26.8 Å². The van der Waals surface area contributed by atoms with Crippen molar-refractivity contribution in [1.82, 2.24) is 4.90 Å². The van der Waals surface area contributed by atoms with Crippen LogP contribution in [0, 0.1) is 0 Å². The summed E-state index contributed by atoms with van der Waals surface area (Å²) in [5, 5.41) is 5.08. The first-order valence-electron chi connectivity index (χ1n) is 10.9. The second-order valence-electron chi connectivity index (χ2n) is 8.24. The van der Waals surface area contributed by atoms with Crippen LogP contribution < -0.4 is 9.86 Å². The van der Waals surface area contributed by atoms with Crippen LogP contribution in [0.25, 0.3) is 6.08 Å². The first kappa shape index (κ1) is 27.3. The third kappa shape index (κ3) is 7.62. The number of nitrogens with zero attached hydrogens (tertiary/aromatic N) is 1. The lowest BCUT2D eigenvalue weighted by Crippen LogP contribution is -2.49. The van der Waals surface area contributed by atoms with Crippen LogP contribution in [0.15, 0.2) is 64.4 Å². The minimum atomic E-state index is -4.01. The normalized spacial score (nSPS) is 18.7. The molecule has 11 nitrogen and oxygen atoms in total. The molecule has 2 aromatic rings. The fourth-order valence-electron chi connectivity index (χ4n) is 3.53. The zero-order valence-corrected chi connectivity index (χ0v) is 21.3. The number of nitrogens with two attached hydrogens (primary N) is 1. The molecule has 1 aliphatic rings. The Morgan fingerprint density at radius 3 is 2.31 bits per heavy atom. The molecule has 3 rings (SSSR count). The van der Waals surface area contributed by atoms with Gasteiger partial charge in [0.05, 0.1) is 27.7 Å². The van der Waals surface area contributed by atoms with Gasteiger partial charge < -0.3 is 14.4 Å². The van der Waals surface area contributed by atoms with E-state index in [9.17, 15) is 26.4 Å². The summed E-state index contributed by atoms with van der Waals surface area (Å²) in [7, 11) is -8.00. The van der Waals surface area contributed by atoms with Crippen molar-refractivity contribution in [2.24, 2.45) is 5.14 Å². The van der Waals surface area contributed by atoms with E-state index >= 15 is 0 Å². The molecule has 0 unspecified atom stereocenters. The van der Waals surface area contributed by atoms with Crippen molar-refractivity contribution < 1.29 is 35.9 Å². The smallest absolute Gasteiger partial charge is 0.331 e. The highest BCUT2D eigenvalue weighted by atomic mass is 32.2. The quantitative estimate of drug-likeness (QED) is 0.376. The van der Waals surface area contributed by atoms with Gasteiger partial charge in [0.2, 0.25) is 10.0 Å². The van der Waals surface area contributed by atoms with Gasteiger partial charge in [0.25, 0.3) is 15.9 Å². The molecule has 0 saturated carbocycles. The van der Waals surface area contributed by atoms with Crippen LogP contribution >= 0.6 is 0 Å². The Balaban J connectivity index is 1.56. The summed E-state index contributed by atoms with van der Waals surface area (Å²) in [5.74, 6) is -1.03. The summed E-state index contributed by atoms with van der Waals surface area (Å²) >= 11 is 0. The van der Waals surface area contributed by atoms with Crippen LogP contribution in [0.5, 0.6) is 0 Å². The molecule has 1 fully saturated rings. The molecule has 1 saturated heterocycles. The average Bonchev–Trinajstić information content (AvgIpc) is 2.80. The van der Waals surface area contributed by atoms with E-state index in [2.05, 4.69) is 4.72 Å². The monoisotopic (exact) mass is 537 g/mol. The standard InChI is InChI=1S/C23H27N3O8S2/c1-16-13-26(14-17(2)34-16)22(27)15-33-23(28)11-8-18-6-9-20(10-7-18)36(31,32)25-19-4-3-5-21(12-19)35(24,29)30/h3-12,16-17,25H,13-15H2,1-2H3,(H2,24,29,30)/b11-8+/t16-,17+. The van der Waals surface area contributed by atoms with E-state index in [1.165, 1.54) is 48.5 Å². The van der Waals surface area contributed by atoms with Crippen LogP contribution in [0.2, 0.25) is 0 Å². The van der Waals surface area contributed by atoms with Gasteiger partial charge in [-0.15, -0.1) is 0 Å². The van der Waals surface area contributed by atoms with Gasteiger partial charge in [-0.05, 0) is 55.8 Å². The van der Waals surface area contributed by atoms with Crippen molar-refractivity contribution in [3.05, 3.63) is 60.2 Å². The lowest BCUT2D eigenvalue weighted by Gasteiger charge is -2.35. The number of carbonyl (C=O) groups is 2. The lowest BCUT2D eigenvalue weighted by molar-refractivity contribution is -0.154. The Bertz CT molecular complexity index is 1350. The number of benzene rings is 2. The van der Waals surface area contributed by atoms with Crippen LogP contribution in [-0.2, 0) is 39.1 Å². The molecule has 36 heavy (non-hydrogen) atoms. The summed E-state index contributed by atoms with van der Waals surface area (Å²) in [6, 6.07) is 10.7. The topological polar surface area (TPSA) is 162 Å². The number of ether oxygens (including phenoxy) is 2. The molecule has 1 heterocycles. The lowest BCUT2D eigenvalue weighted by atomic mass is 10.2. The molecule has 0 aromatic heterocycles. The van der Waals surface area contributed by atoms with Gasteiger partial charge in [-0.2, -0.15) is 0 Å². The third-order valence-corrected chi connectivity index (χ3v) is 7.44. The molecule has 0 bridgehead atoms. The van der Waals surface area contributed by atoms with Gasteiger partial charge in [-0.1, -0.05) is 18.2 Å². The summed E-state index contributed by atoms with van der Waals surface area (Å²) in [6.07, 6.45) is 2.37. The van der Waals surface area contributed by atoms with Crippen LogP contribution in [0.4, 0.5) is 5.69 Å². The van der Waals surface area contributed by atoms with E-state index < -0.39 is 32.6 Å². The summed E-state index contributed by atoms with van der Waals surface area (Å²) in [5.41, 5.74) is 0.549. The minimum Gasteiger partial charge on any atom is -0.452 e. The molecular weight excluding hydrogens is 510 g/mol. The van der Waals surface area contributed by atoms with Crippen molar-refractivity contribution >= 4 is 43.7 Å². The highest BCUT2D eigenvalue weighted by molar-refractivity contribution is 7.92. The number of hydrogen-bond acceptors (Lipinski definition) is 8. The second-order valence-corrected chi connectivity index (χ2v) is 11.5. The number of rotatable bonds is 8. The number of amides is 1. The van der Waals surface area contributed by atoms with Crippen molar-refractivity contribution in [3.63, 3.8) is 0 Å². The van der Waals surface area contributed by atoms with Crippen LogP contribution in [0.1, 0.15) is 19.4 Å². The average molecular weight is 538 g/mol. The van der Waals surface area contributed by atoms with Crippen molar-refractivity contribution in [2.45, 2.75) is 35.8 Å². The van der Waals surface area contributed by atoms with Crippen LogP contribution in [0.3, 0.4) is 0 Å². The van der Waals surface area contributed by atoms with Crippen LogP contribution in [-0.4, -0.2) is 65.5 Å².